The molecule has 1 saturated heterocycles. The maximum absolute atomic E-state index is 13.7. The molecule has 178 valence electrons. The number of carbonyl (C=O) groups is 1. The van der Waals surface area contributed by atoms with E-state index in [-0.39, 0.29) is 39.7 Å². The Morgan fingerprint density at radius 3 is 2.38 bits per heavy atom. The van der Waals surface area contributed by atoms with Gasteiger partial charge in [-0.2, -0.15) is 0 Å². The van der Waals surface area contributed by atoms with Crippen molar-refractivity contribution >= 4 is 27.3 Å². The number of halogens is 2. The van der Waals surface area contributed by atoms with Crippen molar-refractivity contribution in [2.24, 2.45) is 5.14 Å². The lowest BCUT2D eigenvalue weighted by Gasteiger charge is -2.32. The summed E-state index contributed by atoms with van der Waals surface area (Å²) in [6.07, 6.45) is 2.60. The minimum Gasteiger partial charge on any atom is -0.355 e. The Hall–Kier alpha value is -3.37. The first-order chi connectivity index (χ1) is 16.1. The van der Waals surface area contributed by atoms with Crippen molar-refractivity contribution in [1.29, 1.82) is 0 Å². The first-order valence-corrected chi connectivity index (χ1v) is 12.3. The third-order valence-electron chi connectivity index (χ3n) is 5.96. The van der Waals surface area contributed by atoms with Crippen LogP contribution in [0.15, 0.2) is 59.8 Å². The van der Waals surface area contributed by atoms with Gasteiger partial charge in [0.1, 0.15) is 11.6 Å². The van der Waals surface area contributed by atoms with E-state index < -0.39 is 10.0 Å². The minimum atomic E-state index is -4.10. The fourth-order valence-electron chi connectivity index (χ4n) is 4.06. The molecule has 0 unspecified atom stereocenters. The number of aryl methyl sites for hydroxylation is 1. The van der Waals surface area contributed by atoms with Crippen LogP contribution in [-0.4, -0.2) is 37.3 Å². The molecule has 0 bridgehead atoms. The lowest BCUT2D eigenvalue weighted by atomic mass is 9.89. The fraction of sp³-hybridized carbons (Fsp3) is 0.250. The number of aromatic nitrogens is 1. The second kappa shape index (κ2) is 9.47. The highest BCUT2D eigenvalue weighted by Gasteiger charge is 2.27. The summed E-state index contributed by atoms with van der Waals surface area (Å²) in [5.74, 6) is -0.770. The Bertz CT molecular complexity index is 1320. The molecule has 3 N–H and O–H groups in total. The van der Waals surface area contributed by atoms with Gasteiger partial charge in [0.2, 0.25) is 0 Å². The van der Waals surface area contributed by atoms with Gasteiger partial charge < -0.3 is 10.2 Å². The summed E-state index contributed by atoms with van der Waals surface area (Å²) in [6.45, 7) is 2.56. The number of likely N-dealkylation sites (tertiary alicyclic amines) is 1. The van der Waals surface area contributed by atoms with Crippen LogP contribution in [0.25, 0.3) is 0 Å². The van der Waals surface area contributed by atoms with E-state index in [0.717, 1.165) is 5.56 Å². The highest BCUT2D eigenvalue weighted by atomic mass is 32.2. The van der Waals surface area contributed by atoms with Gasteiger partial charge in [0, 0.05) is 31.0 Å². The highest BCUT2D eigenvalue weighted by Crippen LogP contribution is 2.31. The van der Waals surface area contributed by atoms with Crippen LogP contribution in [0.2, 0.25) is 0 Å². The normalized spacial score (nSPS) is 14.8. The molecule has 0 radical (unpaired) electrons. The second-order valence-electron chi connectivity index (χ2n) is 8.32. The van der Waals surface area contributed by atoms with Crippen LogP contribution in [0.1, 0.15) is 40.2 Å². The standard InChI is InChI=1S/C24H24F2N4O3S/c1-15-12-19(6-7-21(15)26)29-22-13-23(34(27,32)33)28-14-20(22)24(31)30-10-8-17(9-11-30)16-2-4-18(25)5-3-16/h2-7,12-14,17H,8-11H2,1H3,(H,28,29)(H2,27,32,33). The van der Waals surface area contributed by atoms with Crippen LogP contribution >= 0.6 is 0 Å². The van der Waals surface area contributed by atoms with Crippen molar-refractivity contribution in [2.75, 3.05) is 18.4 Å². The van der Waals surface area contributed by atoms with Gasteiger partial charge in [-0.15, -0.1) is 0 Å². The summed E-state index contributed by atoms with van der Waals surface area (Å²) >= 11 is 0. The fourth-order valence-corrected chi connectivity index (χ4v) is 4.55. The number of primary sulfonamides is 1. The van der Waals surface area contributed by atoms with Gasteiger partial charge in [-0.1, -0.05) is 12.1 Å². The number of amides is 1. The topological polar surface area (TPSA) is 105 Å². The Kier molecular flexibility index (Phi) is 6.63. The van der Waals surface area contributed by atoms with Crippen molar-refractivity contribution in [3.05, 3.63) is 83.1 Å². The molecule has 34 heavy (non-hydrogen) atoms. The molecule has 4 rings (SSSR count). The maximum Gasteiger partial charge on any atom is 0.257 e. The third kappa shape index (κ3) is 5.23. The highest BCUT2D eigenvalue weighted by molar-refractivity contribution is 7.89. The van der Waals surface area contributed by atoms with Crippen LogP contribution in [0, 0.1) is 18.6 Å². The Morgan fingerprint density at radius 2 is 1.76 bits per heavy atom. The average Bonchev–Trinajstić information content (AvgIpc) is 2.81. The third-order valence-corrected chi connectivity index (χ3v) is 6.77. The van der Waals surface area contributed by atoms with Gasteiger partial charge in [-0.05, 0) is 67.1 Å². The minimum absolute atomic E-state index is 0.176. The Morgan fingerprint density at radius 1 is 1.09 bits per heavy atom. The smallest absolute Gasteiger partial charge is 0.257 e. The number of sulfonamides is 1. The van der Waals surface area contributed by atoms with E-state index in [2.05, 4.69) is 10.3 Å². The van der Waals surface area contributed by atoms with E-state index >= 15 is 0 Å². The largest absolute Gasteiger partial charge is 0.355 e. The van der Waals surface area contributed by atoms with E-state index in [0.29, 0.717) is 37.2 Å². The number of nitrogens with zero attached hydrogens (tertiary/aromatic N) is 2. The molecule has 10 heteroatoms. The van der Waals surface area contributed by atoms with Gasteiger partial charge in [-0.3, -0.25) is 4.79 Å². The molecule has 0 saturated carbocycles. The average molecular weight is 487 g/mol. The lowest BCUT2D eigenvalue weighted by Crippen LogP contribution is -2.38. The van der Waals surface area contributed by atoms with Crippen LogP contribution in [0.4, 0.5) is 20.2 Å². The molecule has 7 nitrogen and oxygen atoms in total. The van der Waals surface area contributed by atoms with Crippen LogP contribution in [0.3, 0.4) is 0 Å². The molecule has 1 aliphatic heterocycles. The summed E-state index contributed by atoms with van der Waals surface area (Å²) in [7, 11) is -4.10. The number of nitrogens with two attached hydrogens (primary N) is 1. The predicted octanol–water partition coefficient (Wildman–Crippen LogP) is 4.08. The summed E-state index contributed by atoms with van der Waals surface area (Å²) in [5.41, 5.74) is 2.28. The summed E-state index contributed by atoms with van der Waals surface area (Å²) in [6, 6.07) is 11.9. The molecular formula is C24H24F2N4O3S. The molecule has 1 aromatic heterocycles. The zero-order valence-corrected chi connectivity index (χ0v) is 19.3. The molecule has 2 heterocycles. The predicted molar refractivity (Wildman–Crippen MR) is 124 cm³/mol. The molecule has 1 fully saturated rings. The van der Waals surface area contributed by atoms with Gasteiger partial charge in [0.25, 0.3) is 15.9 Å². The zero-order chi connectivity index (χ0) is 24.5. The monoisotopic (exact) mass is 486 g/mol. The number of benzene rings is 2. The van der Waals surface area contributed by atoms with Crippen LogP contribution in [-0.2, 0) is 10.0 Å². The van der Waals surface area contributed by atoms with Crippen LogP contribution < -0.4 is 10.5 Å². The van der Waals surface area contributed by atoms with Crippen molar-refractivity contribution in [3.8, 4) is 0 Å². The Balaban J connectivity index is 1.58. The molecule has 1 amide bonds. The summed E-state index contributed by atoms with van der Waals surface area (Å²) in [4.78, 5) is 18.9. The van der Waals surface area contributed by atoms with Crippen LogP contribution in [0.5, 0.6) is 0 Å². The van der Waals surface area contributed by atoms with E-state index in [1.54, 1.807) is 30.0 Å². The van der Waals surface area contributed by atoms with Crippen molar-refractivity contribution in [1.82, 2.24) is 9.88 Å². The van der Waals surface area contributed by atoms with Gasteiger partial charge in [-0.25, -0.2) is 27.3 Å². The number of hydrogen-bond donors (Lipinski definition) is 2. The molecule has 0 spiro atoms. The quantitative estimate of drug-likeness (QED) is 0.565. The van der Waals surface area contributed by atoms with E-state index in [4.69, 9.17) is 5.14 Å². The summed E-state index contributed by atoms with van der Waals surface area (Å²) < 4.78 is 50.5. The van der Waals surface area contributed by atoms with E-state index in [1.807, 2.05) is 0 Å². The lowest BCUT2D eigenvalue weighted by molar-refractivity contribution is 0.0713. The maximum atomic E-state index is 13.7. The molecule has 0 aliphatic carbocycles. The zero-order valence-electron chi connectivity index (χ0n) is 18.5. The number of carbonyl (C=O) groups excluding carboxylic acids is 1. The van der Waals surface area contributed by atoms with Crippen molar-refractivity contribution < 1.29 is 22.0 Å². The first-order valence-electron chi connectivity index (χ1n) is 10.7. The molecular weight excluding hydrogens is 462 g/mol. The van der Waals surface area contributed by atoms with Crippen molar-refractivity contribution in [2.45, 2.75) is 30.7 Å². The molecule has 1 aliphatic rings. The summed E-state index contributed by atoms with van der Waals surface area (Å²) in [5, 5.41) is 7.84. The molecule has 0 atom stereocenters. The second-order valence-corrected chi connectivity index (χ2v) is 9.83. The number of piperidine rings is 1. The number of pyridine rings is 1. The van der Waals surface area contributed by atoms with Gasteiger partial charge in [0.05, 0.1) is 11.3 Å². The van der Waals surface area contributed by atoms with Gasteiger partial charge >= 0.3 is 0 Å². The van der Waals surface area contributed by atoms with Gasteiger partial charge in [0.15, 0.2) is 5.03 Å². The molecule has 3 aromatic rings. The number of rotatable bonds is 5. The molecule has 2 aromatic carbocycles. The van der Waals surface area contributed by atoms with Crippen molar-refractivity contribution in [3.63, 3.8) is 0 Å². The number of hydrogen-bond acceptors (Lipinski definition) is 5. The first kappa shape index (κ1) is 23.8. The number of nitrogens with one attached hydrogen (secondary N) is 1. The Labute approximate surface area is 196 Å². The SMILES string of the molecule is Cc1cc(Nc2cc(S(N)(=O)=O)ncc2C(=O)N2CCC(c3ccc(F)cc3)CC2)ccc1F. The number of anilines is 2. The van der Waals surface area contributed by atoms with E-state index in [9.17, 15) is 22.0 Å². The van der Waals surface area contributed by atoms with E-state index in [1.165, 1.54) is 36.5 Å².